The SMILES string of the molecule is CCCCCCCCCCOC(=O)CCCCCCCCC(=O)Oc1c(Cl)ccc(Cl)c1Cl. The summed E-state index contributed by atoms with van der Waals surface area (Å²) in [6.45, 7) is 2.78. The van der Waals surface area contributed by atoms with Crippen molar-refractivity contribution in [3.05, 3.63) is 27.2 Å². The fourth-order valence-electron chi connectivity index (χ4n) is 3.51. The predicted molar refractivity (Wildman–Crippen MR) is 138 cm³/mol. The van der Waals surface area contributed by atoms with Crippen LogP contribution in [0.4, 0.5) is 0 Å². The summed E-state index contributed by atoms with van der Waals surface area (Å²) in [5, 5.41) is 0.698. The molecule has 0 aliphatic heterocycles. The van der Waals surface area contributed by atoms with E-state index in [1.165, 1.54) is 38.5 Å². The minimum absolute atomic E-state index is 0.0842. The minimum Gasteiger partial charge on any atom is -0.466 e. The lowest BCUT2D eigenvalue weighted by Crippen LogP contribution is -2.08. The van der Waals surface area contributed by atoms with Crippen molar-refractivity contribution in [1.29, 1.82) is 0 Å². The van der Waals surface area contributed by atoms with Crippen LogP contribution in [0.3, 0.4) is 0 Å². The third-order valence-electron chi connectivity index (χ3n) is 5.49. The number of rotatable bonds is 19. The number of hydrogen-bond donors (Lipinski definition) is 0. The quantitative estimate of drug-likeness (QED) is 0.0787. The van der Waals surface area contributed by atoms with Crippen LogP contribution in [-0.4, -0.2) is 18.5 Å². The van der Waals surface area contributed by atoms with Gasteiger partial charge in [0, 0.05) is 12.8 Å². The topological polar surface area (TPSA) is 52.6 Å². The number of carbonyl (C=O) groups is 2. The zero-order valence-electron chi connectivity index (χ0n) is 19.9. The summed E-state index contributed by atoms with van der Waals surface area (Å²) in [4.78, 5) is 23.8. The van der Waals surface area contributed by atoms with Crippen molar-refractivity contribution in [2.45, 2.75) is 110 Å². The molecule has 1 rings (SSSR count). The molecule has 0 bridgehead atoms. The molecule has 0 aromatic heterocycles. The third-order valence-corrected chi connectivity index (χ3v) is 6.58. The molecule has 0 amide bonds. The first-order valence-corrected chi connectivity index (χ1v) is 13.6. The Morgan fingerprint density at radius 3 is 1.76 bits per heavy atom. The van der Waals surface area contributed by atoms with Crippen LogP contribution in [0, 0.1) is 0 Å². The summed E-state index contributed by atoms with van der Waals surface area (Å²) in [5.74, 6) is -0.343. The van der Waals surface area contributed by atoms with Crippen LogP contribution >= 0.6 is 34.8 Å². The van der Waals surface area contributed by atoms with Crippen LogP contribution in [0.15, 0.2) is 12.1 Å². The van der Waals surface area contributed by atoms with Gasteiger partial charge in [-0.3, -0.25) is 9.59 Å². The van der Waals surface area contributed by atoms with Crippen LogP contribution in [0.5, 0.6) is 5.75 Å². The molecule has 0 aliphatic rings. The zero-order chi connectivity index (χ0) is 24.3. The zero-order valence-corrected chi connectivity index (χ0v) is 22.2. The number of benzene rings is 1. The lowest BCUT2D eigenvalue weighted by molar-refractivity contribution is -0.144. The maximum absolute atomic E-state index is 12.0. The first kappa shape index (κ1) is 30.1. The lowest BCUT2D eigenvalue weighted by Gasteiger charge is -2.09. The Kier molecular flexibility index (Phi) is 17.6. The van der Waals surface area contributed by atoms with E-state index in [-0.39, 0.29) is 27.7 Å². The Labute approximate surface area is 214 Å². The number of halogens is 3. The van der Waals surface area contributed by atoms with Gasteiger partial charge in [-0.2, -0.15) is 0 Å². The number of esters is 2. The molecule has 188 valence electrons. The predicted octanol–water partition coefficient (Wildman–Crippen LogP) is 9.36. The minimum atomic E-state index is -0.375. The van der Waals surface area contributed by atoms with E-state index < -0.39 is 0 Å². The standard InChI is InChI=1S/C26H39Cl3O4/c1-2-3-4-5-6-9-12-15-20-32-23(30)16-13-10-7-8-11-14-17-24(31)33-26-22(28)19-18-21(27)25(26)29/h18-19H,2-17,20H2,1H3. The van der Waals surface area contributed by atoms with Crippen LogP contribution in [0.1, 0.15) is 110 Å². The van der Waals surface area contributed by atoms with Gasteiger partial charge in [0.05, 0.1) is 16.7 Å². The summed E-state index contributed by atoms with van der Waals surface area (Å²) in [6, 6.07) is 3.10. The molecule has 1 aromatic carbocycles. The summed E-state index contributed by atoms with van der Waals surface area (Å²) in [7, 11) is 0. The second-order valence-corrected chi connectivity index (χ2v) is 9.66. The first-order valence-electron chi connectivity index (χ1n) is 12.5. The van der Waals surface area contributed by atoms with E-state index in [0.29, 0.717) is 24.5 Å². The van der Waals surface area contributed by atoms with Gasteiger partial charge in [-0.25, -0.2) is 0 Å². The Hall–Kier alpha value is -0.970. The molecular formula is C26H39Cl3O4. The van der Waals surface area contributed by atoms with E-state index in [1.54, 1.807) is 12.1 Å². The van der Waals surface area contributed by atoms with E-state index in [2.05, 4.69) is 6.92 Å². The summed E-state index contributed by atoms with van der Waals surface area (Å²) in [5.41, 5.74) is 0. The normalized spacial score (nSPS) is 10.9. The van der Waals surface area contributed by atoms with Crippen molar-refractivity contribution < 1.29 is 19.1 Å². The number of carbonyl (C=O) groups excluding carboxylic acids is 2. The van der Waals surface area contributed by atoms with Crippen LogP contribution in [0.25, 0.3) is 0 Å². The van der Waals surface area contributed by atoms with Gasteiger partial charge in [0.25, 0.3) is 0 Å². The Morgan fingerprint density at radius 2 is 1.15 bits per heavy atom. The highest BCUT2D eigenvalue weighted by molar-refractivity contribution is 6.44. The average Bonchev–Trinajstić information content (AvgIpc) is 2.80. The van der Waals surface area contributed by atoms with Crippen LogP contribution in [-0.2, 0) is 14.3 Å². The molecular weight excluding hydrogens is 483 g/mol. The van der Waals surface area contributed by atoms with Gasteiger partial charge >= 0.3 is 11.9 Å². The maximum Gasteiger partial charge on any atom is 0.311 e. The average molecular weight is 522 g/mol. The molecule has 0 atom stereocenters. The van der Waals surface area contributed by atoms with Crippen molar-refractivity contribution in [1.82, 2.24) is 0 Å². The second-order valence-electron chi connectivity index (χ2n) is 8.46. The van der Waals surface area contributed by atoms with Crippen molar-refractivity contribution in [3.63, 3.8) is 0 Å². The molecule has 0 radical (unpaired) electrons. The van der Waals surface area contributed by atoms with Gasteiger partial charge in [0.1, 0.15) is 5.02 Å². The molecule has 0 unspecified atom stereocenters. The number of ether oxygens (including phenoxy) is 2. The van der Waals surface area contributed by atoms with E-state index in [0.717, 1.165) is 51.4 Å². The van der Waals surface area contributed by atoms with E-state index >= 15 is 0 Å². The summed E-state index contributed by atoms with van der Waals surface area (Å²) in [6.07, 6.45) is 16.3. The summed E-state index contributed by atoms with van der Waals surface area (Å²) >= 11 is 18.0. The van der Waals surface area contributed by atoms with Crippen molar-refractivity contribution in [3.8, 4) is 5.75 Å². The Morgan fingerprint density at radius 1 is 0.667 bits per heavy atom. The molecule has 7 heteroatoms. The lowest BCUT2D eigenvalue weighted by atomic mass is 10.1. The number of unbranched alkanes of at least 4 members (excludes halogenated alkanes) is 12. The largest absolute Gasteiger partial charge is 0.466 e. The molecule has 0 saturated heterocycles. The second kappa shape index (κ2) is 19.3. The van der Waals surface area contributed by atoms with Gasteiger partial charge in [-0.15, -0.1) is 0 Å². The Bertz CT molecular complexity index is 694. The monoisotopic (exact) mass is 520 g/mol. The molecule has 0 heterocycles. The van der Waals surface area contributed by atoms with Gasteiger partial charge in [-0.05, 0) is 31.4 Å². The third kappa shape index (κ3) is 14.8. The van der Waals surface area contributed by atoms with Crippen LogP contribution in [0.2, 0.25) is 15.1 Å². The van der Waals surface area contributed by atoms with Crippen molar-refractivity contribution in [2.24, 2.45) is 0 Å². The van der Waals surface area contributed by atoms with E-state index in [1.807, 2.05) is 0 Å². The Balaban J connectivity index is 1.94. The molecule has 0 spiro atoms. The van der Waals surface area contributed by atoms with Gasteiger partial charge in [0.15, 0.2) is 5.75 Å². The van der Waals surface area contributed by atoms with Gasteiger partial charge in [0.2, 0.25) is 0 Å². The molecule has 1 aromatic rings. The number of hydrogen-bond acceptors (Lipinski definition) is 4. The molecule has 0 N–H and O–H groups in total. The maximum atomic E-state index is 12.0. The van der Waals surface area contributed by atoms with Gasteiger partial charge in [-0.1, -0.05) is 112 Å². The fraction of sp³-hybridized carbons (Fsp3) is 0.692. The highest BCUT2D eigenvalue weighted by Gasteiger charge is 2.15. The highest BCUT2D eigenvalue weighted by atomic mass is 35.5. The molecule has 33 heavy (non-hydrogen) atoms. The van der Waals surface area contributed by atoms with Crippen molar-refractivity contribution >= 4 is 46.7 Å². The van der Waals surface area contributed by atoms with Gasteiger partial charge < -0.3 is 9.47 Å². The molecule has 0 aliphatic carbocycles. The highest BCUT2D eigenvalue weighted by Crippen LogP contribution is 2.38. The van der Waals surface area contributed by atoms with Crippen LogP contribution < -0.4 is 4.74 Å². The fourth-order valence-corrected chi connectivity index (χ4v) is 4.10. The molecule has 4 nitrogen and oxygen atoms in total. The molecule has 0 saturated carbocycles. The first-order chi connectivity index (χ1) is 16.0. The van der Waals surface area contributed by atoms with Crippen molar-refractivity contribution in [2.75, 3.05) is 6.61 Å². The smallest absolute Gasteiger partial charge is 0.311 e. The molecule has 0 fully saturated rings. The van der Waals surface area contributed by atoms with E-state index in [9.17, 15) is 9.59 Å². The van der Waals surface area contributed by atoms with E-state index in [4.69, 9.17) is 44.3 Å². The summed E-state index contributed by atoms with van der Waals surface area (Å²) < 4.78 is 10.6.